The zero-order valence-corrected chi connectivity index (χ0v) is 24.5. The van der Waals surface area contributed by atoms with E-state index < -0.39 is 101 Å². The summed E-state index contributed by atoms with van der Waals surface area (Å²) in [5, 5.41) is 10.8. The molecule has 1 saturated carbocycles. The van der Waals surface area contributed by atoms with Crippen LogP contribution in [0.5, 0.6) is 0 Å². The summed E-state index contributed by atoms with van der Waals surface area (Å²) < 4.78 is 35.2. The van der Waals surface area contributed by atoms with E-state index in [9.17, 15) is 29.1 Å². The SMILES string of the molecule is C=C1C(Cl)C2OC(=O)C(C)C23OC1C(O)C(OC(C)=O)C1(C)C(OC(C)=O)C(OC(C)=O)CC(=C)C1C3OC(C)=O. The van der Waals surface area contributed by atoms with Crippen LogP contribution in [0.15, 0.2) is 24.3 Å². The lowest BCUT2D eigenvalue weighted by Crippen LogP contribution is -2.76. The largest absolute Gasteiger partial charge is 0.459 e. The normalized spacial score (nSPS) is 43.4. The van der Waals surface area contributed by atoms with E-state index in [1.807, 2.05) is 0 Å². The van der Waals surface area contributed by atoms with Gasteiger partial charge in [0.2, 0.25) is 0 Å². The van der Waals surface area contributed by atoms with Crippen LogP contribution < -0.4 is 0 Å². The number of aliphatic hydroxyl groups excluding tert-OH is 1. The molecule has 4 fully saturated rings. The molecule has 1 aliphatic carbocycles. The standard InChI is InChI=1S/C28H35ClO12/c1-10-9-17(36-13(4)30)22(37-14(5)31)27(8)18(10)23(38-15(6)32)28-12(3)26(35)40-24(28)19(29)11(2)21(41-28)20(34)25(27)39-16(7)33/h12,17-25,34H,1-2,9H2,3-8H3. The summed E-state index contributed by atoms with van der Waals surface area (Å²) in [5.74, 6) is -5.86. The molecule has 3 aliphatic heterocycles. The Hall–Kier alpha value is -2.96. The molecule has 3 saturated heterocycles. The second-order valence-corrected chi connectivity index (χ2v) is 11.9. The van der Waals surface area contributed by atoms with E-state index >= 15 is 0 Å². The number of fused-ring (bicyclic) bond motifs is 2. The molecule has 13 heteroatoms. The minimum Gasteiger partial charge on any atom is -0.459 e. The molecule has 3 heterocycles. The molecule has 0 aromatic rings. The lowest BCUT2D eigenvalue weighted by molar-refractivity contribution is -0.298. The molecule has 0 aromatic carbocycles. The molecule has 12 unspecified atom stereocenters. The Kier molecular flexibility index (Phi) is 8.09. The summed E-state index contributed by atoms with van der Waals surface area (Å²) in [5.41, 5.74) is -3.00. The van der Waals surface area contributed by atoms with Crippen LogP contribution in [0.2, 0.25) is 0 Å². The molecule has 1 spiro atoms. The quantitative estimate of drug-likeness (QED) is 0.215. The van der Waals surface area contributed by atoms with Gasteiger partial charge in [-0.2, -0.15) is 0 Å². The molecule has 1 N–H and O–H groups in total. The molecule has 4 rings (SSSR count). The Labute approximate surface area is 242 Å². The summed E-state index contributed by atoms with van der Waals surface area (Å²) in [4.78, 5) is 62.9. The monoisotopic (exact) mass is 598 g/mol. The van der Waals surface area contributed by atoms with Crippen molar-refractivity contribution in [1.29, 1.82) is 0 Å². The number of alkyl halides is 1. The van der Waals surface area contributed by atoms with Gasteiger partial charge in [-0.1, -0.05) is 25.7 Å². The molecule has 2 bridgehead atoms. The van der Waals surface area contributed by atoms with Crippen molar-refractivity contribution in [3.8, 4) is 0 Å². The van der Waals surface area contributed by atoms with Crippen LogP contribution >= 0.6 is 11.6 Å². The number of rotatable bonds is 4. The van der Waals surface area contributed by atoms with Crippen LogP contribution in [0.25, 0.3) is 0 Å². The van der Waals surface area contributed by atoms with Crippen molar-refractivity contribution >= 4 is 41.4 Å². The topological polar surface area (TPSA) is 161 Å². The van der Waals surface area contributed by atoms with E-state index in [1.165, 1.54) is 13.8 Å². The lowest BCUT2D eigenvalue weighted by Gasteiger charge is -2.62. The fourth-order valence-corrected chi connectivity index (χ4v) is 7.58. The zero-order chi connectivity index (χ0) is 30.8. The molecule has 0 aromatic heterocycles. The van der Waals surface area contributed by atoms with Crippen LogP contribution in [0.4, 0.5) is 0 Å². The Balaban J connectivity index is 2.09. The third-order valence-corrected chi connectivity index (χ3v) is 9.24. The highest BCUT2D eigenvalue weighted by Crippen LogP contribution is 2.61. The van der Waals surface area contributed by atoms with Crippen molar-refractivity contribution in [2.24, 2.45) is 17.3 Å². The number of halogens is 1. The maximum absolute atomic E-state index is 13.1. The second kappa shape index (κ2) is 10.7. The molecular formula is C28H35ClO12. The average Bonchev–Trinajstić information content (AvgIpc) is 3.10. The molecule has 4 aliphatic rings. The Morgan fingerprint density at radius 1 is 0.927 bits per heavy atom. The first kappa shape index (κ1) is 31.0. The van der Waals surface area contributed by atoms with Gasteiger partial charge in [0.25, 0.3) is 0 Å². The van der Waals surface area contributed by atoms with Crippen molar-refractivity contribution in [2.45, 2.75) is 102 Å². The fraction of sp³-hybridized carbons (Fsp3) is 0.679. The highest BCUT2D eigenvalue weighted by atomic mass is 35.5. The first-order valence-electron chi connectivity index (χ1n) is 13.2. The van der Waals surface area contributed by atoms with Gasteiger partial charge < -0.3 is 33.5 Å². The minimum absolute atomic E-state index is 0.0667. The summed E-state index contributed by atoms with van der Waals surface area (Å²) >= 11 is 6.80. The van der Waals surface area contributed by atoms with E-state index in [2.05, 4.69) is 13.2 Å². The van der Waals surface area contributed by atoms with Crippen LogP contribution in [0.1, 0.15) is 48.0 Å². The first-order valence-corrected chi connectivity index (χ1v) is 13.7. The Morgan fingerprint density at radius 3 is 1.98 bits per heavy atom. The van der Waals surface area contributed by atoms with E-state index in [4.69, 9.17) is 40.0 Å². The number of esters is 5. The van der Waals surface area contributed by atoms with E-state index in [0.29, 0.717) is 5.57 Å². The highest BCUT2D eigenvalue weighted by molar-refractivity contribution is 6.23. The van der Waals surface area contributed by atoms with Crippen LogP contribution in [0, 0.1) is 17.3 Å². The predicted octanol–water partition coefficient (Wildman–Crippen LogP) is 1.53. The summed E-state index contributed by atoms with van der Waals surface area (Å²) in [7, 11) is 0. The molecule has 0 radical (unpaired) electrons. The zero-order valence-electron chi connectivity index (χ0n) is 23.7. The van der Waals surface area contributed by atoms with E-state index in [-0.39, 0.29) is 12.0 Å². The van der Waals surface area contributed by atoms with Crippen LogP contribution in [-0.2, 0) is 52.4 Å². The smallest absolute Gasteiger partial charge is 0.312 e. The van der Waals surface area contributed by atoms with Crippen molar-refractivity contribution in [2.75, 3.05) is 0 Å². The number of hydrogen-bond acceptors (Lipinski definition) is 12. The van der Waals surface area contributed by atoms with Gasteiger partial charge in [-0.3, -0.25) is 24.0 Å². The second-order valence-electron chi connectivity index (χ2n) is 11.4. The Bertz CT molecular complexity index is 1200. The maximum Gasteiger partial charge on any atom is 0.312 e. The predicted molar refractivity (Wildman–Crippen MR) is 139 cm³/mol. The third kappa shape index (κ3) is 4.73. The molecular weight excluding hydrogens is 564 g/mol. The third-order valence-electron chi connectivity index (χ3n) is 8.74. The van der Waals surface area contributed by atoms with Crippen LogP contribution in [0.3, 0.4) is 0 Å². The molecule has 226 valence electrons. The highest BCUT2D eigenvalue weighted by Gasteiger charge is 2.76. The number of aliphatic hydroxyl groups is 1. The van der Waals surface area contributed by atoms with Crippen molar-refractivity contribution < 1.29 is 57.5 Å². The molecule has 41 heavy (non-hydrogen) atoms. The average molecular weight is 599 g/mol. The number of carbonyl (C=O) groups excluding carboxylic acids is 5. The number of ether oxygens (including phenoxy) is 6. The minimum atomic E-state index is -1.77. The van der Waals surface area contributed by atoms with Gasteiger partial charge in [-0.25, -0.2) is 0 Å². The van der Waals surface area contributed by atoms with E-state index in [1.54, 1.807) is 6.92 Å². The number of carbonyl (C=O) groups is 5. The molecule has 12 atom stereocenters. The van der Waals surface area contributed by atoms with Crippen molar-refractivity contribution in [3.63, 3.8) is 0 Å². The summed E-state index contributed by atoms with van der Waals surface area (Å²) in [6.45, 7) is 15.9. The van der Waals surface area contributed by atoms with Gasteiger partial charge in [-0.15, -0.1) is 11.6 Å². The van der Waals surface area contributed by atoms with Gasteiger partial charge in [0.1, 0.15) is 36.6 Å². The van der Waals surface area contributed by atoms with E-state index in [0.717, 1.165) is 20.8 Å². The van der Waals surface area contributed by atoms with Gasteiger partial charge in [-0.05, 0) is 12.5 Å². The van der Waals surface area contributed by atoms with Gasteiger partial charge >= 0.3 is 29.8 Å². The number of hydrogen-bond donors (Lipinski definition) is 1. The van der Waals surface area contributed by atoms with Gasteiger partial charge in [0, 0.05) is 40.0 Å². The van der Waals surface area contributed by atoms with Gasteiger partial charge in [0.15, 0.2) is 11.7 Å². The molecule has 12 nitrogen and oxygen atoms in total. The maximum atomic E-state index is 13.1. The summed E-state index contributed by atoms with van der Waals surface area (Å²) in [6, 6.07) is 0. The lowest BCUT2D eigenvalue weighted by atomic mass is 9.52. The fourth-order valence-electron chi connectivity index (χ4n) is 7.21. The first-order chi connectivity index (χ1) is 19.0. The summed E-state index contributed by atoms with van der Waals surface area (Å²) in [6.07, 6.45) is -9.70. The van der Waals surface area contributed by atoms with Crippen LogP contribution in [-0.4, -0.2) is 88.7 Å². The van der Waals surface area contributed by atoms with Crippen molar-refractivity contribution in [1.82, 2.24) is 0 Å². The van der Waals surface area contributed by atoms with Gasteiger partial charge in [0.05, 0.1) is 16.7 Å². The Morgan fingerprint density at radius 2 is 1.44 bits per heavy atom. The van der Waals surface area contributed by atoms with Crippen molar-refractivity contribution in [3.05, 3.63) is 24.3 Å². The molecule has 0 amide bonds.